The van der Waals surface area contributed by atoms with Gasteiger partial charge >= 0.3 is 6.09 Å². The van der Waals surface area contributed by atoms with Crippen LogP contribution in [0.15, 0.2) is 6.07 Å². The van der Waals surface area contributed by atoms with Gasteiger partial charge in [-0.05, 0) is 25.5 Å². The smallest absolute Gasteiger partial charge is 0.405 e. The highest BCUT2D eigenvalue weighted by atomic mass is 35.5. The maximum atomic E-state index is 11.0. The monoisotopic (exact) mass is 344 g/mol. The Morgan fingerprint density at radius 3 is 2.52 bits per heavy atom. The van der Waals surface area contributed by atoms with Gasteiger partial charge in [0.15, 0.2) is 0 Å². The number of rotatable bonds is 7. The minimum Gasteiger partial charge on any atom is -0.496 e. The van der Waals surface area contributed by atoms with Crippen LogP contribution >= 0.6 is 11.6 Å². The quantitative estimate of drug-likeness (QED) is 0.707. The molecule has 0 saturated carbocycles. The molecule has 0 spiro atoms. The van der Waals surface area contributed by atoms with E-state index in [0.29, 0.717) is 28.4 Å². The summed E-state index contributed by atoms with van der Waals surface area (Å²) in [6, 6.07) is 1.89. The van der Waals surface area contributed by atoms with Crippen molar-refractivity contribution in [2.75, 3.05) is 13.7 Å². The molecule has 0 aliphatic heterocycles. The highest BCUT2D eigenvalue weighted by Gasteiger charge is 2.25. The number of halogens is 1. The van der Waals surface area contributed by atoms with Crippen LogP contribution in [0.2, 0.25) is 5.02 Å². The second-order valence-corrected chi connectivity index (χ2v) is 6.08. The van der Waals surface area contributed by atoms with Gasteiger partial charge in [0.25, 0.3) is 0 Å². The zero-order chi connectivity index (χ0) is 17.7. The van der Waals surface area contributed by atoms with E-state index < -0.39 is 18.3 Å². The van der Waals surface area contributed by atoms with Gasteiger partial charge in [-0.3, -0.25) is 0 Å². The first-order chi connectivity index (χ1) is 10.7. The topological polar surface area (TPSA) is 93.8 Å². The number of ether oxygens (including phenoxy) is 2. The molecule has 0 saturated heterocycles. The minimum atomic E-state index is -0.889. The minimum absolute atomic E-state index is 0.228. The Labute approximate surface area is 141 Å². The van der Waals surface area contributed by atoms with E-state index >= 15 is 0 Å². The van der Waals surface area contributed by atoms with Crippen LogP contribution in [0, 0.1) is 6.92 Å². The number of benzene rings is 1. The fourth-order valence-corrected chi connectivity index (χ4v) is 2.60. The van der Waals surface area contributed by atoms with Gasteiger partial charge in [-0.2, -0.15) is 0 Å². The number of aliphatic hydroxyl groups excluding tert-OH is 1. The average molecular weight is 345 g/mol. The number of primary amides is 1. The van der Waals surface area contributed by atoms with Gasteiger partial charge in [-0.1, -0.05) is 25.4 Å². The molecule has 0 fully saturated rings. The van der Waals surface area contributed by atoms with E-state index in [1.54, 1.807) is 13.0 Å². The molecule has 0 aromatic heterocycles. The van der Waals surface area contributed by atoms with Gasteiger partial charge in [0.2, 0.25) is 0 Å². The second-order valence-electron chi connectivity index (χ2n) is 5.68. The molecule has 0 aliphatic carbocycles. The molecule has 1 aromatic carbocycles. The van der Waals surface area contributed by atoms with Gasteiger partial charge in [0.1, 0.15) is 11.9 Å². The fourth-order valence-electron chi connectivity index (χ4n) is 2.38. The third kappa shape index (κ3) is 4.99. The summed E-state index contributed by atoms with van der Waals surface area (Å²) in [5, 5.41) is 14.2. The van der Waals surface area contributed by atoms with E-state index in [4.69, 9.17) is 26.8 Å². The van der Waals surface area contributed by atoms with Crippen LogP contribution in [-0.4, -0.2) is 30.9 Å². The number of nitrogens with two attached hydrogens (primary N) is 1. The van der Waals surface area contributed by atoms with Gasteiger partial charge in [-0.15, -0.1) is 0 Å². The molecule has 1 aromatic rings. The maximum absolute atomic E-state index is 11.0. The van der Waals surface area contributed by atoms with Crippen LogP contribution in [0.4, 0.5) is 4.79 Å². The molecular formula is C16H25ClN2O4. The lowest BCUT2D eigenvalue weighted by atomic mass is 9.96. The van der Waals surface area contributed by atoms with Gasteiger partial charge in [0, 0.05) is 28.7 Å². The Kier molecular flexibility index (Phi) is 7.12. The van der Waals surface area contributed by atoms with Crippen LogP contribution in [0.3, 0.4) is 0 Å². The first-order valence-electron chi connectivity index (χ1n) is 7.43. The Hall–Kier alpha value is -1.50. The molecule has 2 unspecified atom stereocenters. The standard InChI is InChI=1S/C16H25ClN2O4/c1-8(2)19-7-13(20)14-9(3)12(17)6-11(15(14)22-5)10(4)23-16(18)21/h6,8,10,13,19-20H,7H2,1-5H3,(H2,18,21). The molecule has 1 amide bonds. The SMILES string of the molecule is COc1c(C(C)OC(N)=O)cc(Cl)c(C)c1C(O)CNC(C)C. The molecule has 2 atom stereocenters. The van der Waals surface area contributed by atoms with Crippen molar-refractivity contribution in [1.29, 1.82) is 0 Å². The van der Waals surface area contributed by atoms with E-state index in [1.807, 2.05) is 20.8 Å². The van der Waals surface area contributed by atoms with E-state index in [-0.39, 0.29) is 6.04 Å². The summed E-state index contributed by atoms with van der Waals surface area (Å²) >= 11 is 6.28. The number of nitrogens with one attached hydrogen (secondary N) is 1. The first kappa shape index (κ1) is 19.5. The van der Waals surface area contributed by atoms with E-state index in [9.17, 15) is 9.90 Å². The number of carbonyl (C=O) groups excluding carboxylic acids is 1. The van der Waals surface area contributed by atoms with Gasteiger partial charge < -0.3 is 25.6 Å². The third-order valence-electron chi connectivity index (χ3n) is 3.54. The molecule has 7 heteroatoms. The maximum Gasteiger partial charge on any atom is 0.405 e. The molecule has 6 nitrogen and oxygen atoms in total. The Morgan fingerprint density at radius 1 is 1.43 bits per heavy atom. The van der Waals surface area contributed by atoms with E-state index in [0.717, 1.165) is 5.56 Å². The summed E-state index contributed by atoms with van der Waals surface area (Å²) < 4.78 is 10.5. The molecule has 0 bridgehead atoms. The number of amides is 1. The molecule has 130 valence electrons. The van der Waals surface area contributed by atoms with Crippen LogP contribution in [0.1, 0.15) is 49.7 Å². The summed E-state index contributed by atoms with van der Waals surface area (Å²) in [5.41, 5.74) is 6.92. The predicted molar refractivity (Wildman–Crippen MR) is 89.9 cm³/mol. The number of carbonyl (C=O) groups is 1. The van der Waals surface area contributed by atoms with Crippen molar-refractivity contribution in [2.45, 2.75) is 45.9 Å². The molecule has 23 heavy (non-hydrogen) atoms. The lowest BCUT2D eigenvalue weighted by Crippen LogP contribution is -2.28. The van der Waals surface area contributed by atoms with Crippen molar-refractivity contribution in [3.63, 3.8) is 0 Å². The van der Waals surface area contributed by atoms with Crippen LogP contribution < -0.4 is 15.8 Å². The van der Waals surface area contributed by atoms with Crippen molar-refractivity contribution in [3.8, 4) is 5.75 Å². The molecule has 1 rings (SSSR count). The fraction of sp³-hybridized carbons (Fsp3) is 0.562. The molecule has 0 heterocycles. The van der Waals surface area contributed by atoms with E-state index in [2.05, 4.69) is 5.32 Å². The number of aliphatic hydroxyl groups is 1. The predicted octanol–water partition coefficient (Wildman–Crippen LogP) is 2.84. The lowest BCUT2D eigenvalue weighted by molar-refractivity contribution is 0.114. The summed E-state index contributed by atoms with van der Waals surface area (Å²) in [4.78, 5) is 11.0. The summed E-state index contributed by atoms with van der Waals surface area (Å²) in [6.45, 7) is 7.80. The van der Waals surface area contributed by atoms with Crippen molar-refractivity contribution in [1.82, 2.24) is 5.32 Å². The largest absolute Gasteiger partial charge is 0.496 e. The average Bonchev–Trinajstić information content (AvgIpc) is 2.45. The summed E-state index contributed by atoms with van der Waals surface area (Å²) in [5.74, 6) is 0.443. The highest BCUT2D eigenvalue weighted by molar-refractivity contribution is 6.31. The molecule has 4 N–H and O–H groups in total. The zero-order valence-corrected chi connectivity index (χ0v) is 14.9. The molecular weight excluding hydrogens is 320 g/mol. The number of hydrogen-bond acceptors (Lipinski definition) is 5. The van der Waals surface area contributed by atoms with Crippen molar-refractivity contribution in [2.24, 2.45) is 5.73 Å². The summed E-state index contributed by atoms with van der Waals surface area (Å²) in [7, 11) is 1.50. The van der Waals surface area contributed by atoms with Gasteiger partial charge in [0.05, 0.1) is 13.2 Å². The lowest BCUT2D eigenvalue weighted by Gasteiger charge is -2.24. The molecule has 0 radical (unpaired) electrons. The van der Waals surface area contributed by atoms with Crippen molar-refractivity contribution in [3.05, 3.63) is 27.8 Å². The Morgan fingerprint density at radius 2 is 2.04 bits per heavy atom. The van der Waals surface area contributed by atoms with E-state index in [1.165, 1.54) is 7.11 Å². The van der Waals surface area contributed by atoms with Crippen LogP contribution in [0.5, 0.6) is 5.75 Å². The van der Waals surface area contributed by atoms with Crippen LogP contribution in [-0.2, 0) is 4.74 Å². The van der Waals surface area contributed by atoms with Crippen molar-refractivity contribution >= 4 is 17.7 Å². The second kappa shape index (κ2) is 8.38. The third-order valence-corrected chi connectivity index (χ3v) is 3.93. The Balaban J connectivity index is 3.32. The highest BCUT2D eigenvalue weighted by Crippen LogP contribution is 2.40. The summed E-state index contributed by atoms with van der Waals surface area (Å²) in [6.07, 6.45) is -2.35. The number of methoxy groups -OCH3 is 1. The van der Waals surface area contributed by atoms with Gasteiger partial charge in [-0.25, -0.2) is 4.79 Å². The van der Waals surface area contributed by atoms with Crippen molar-refractivity contribution < 1.29 is 19.4 Å². The first-order valence-corrected chi connectivity index (χ1v) is 7.81. The Bertz CT molecular complexity index is 564. The zero-order valence-electron chi connectivity index (χ0n) is 14.1. The van der Waals surface area contributed by atoms with Crippen LogP contribution in [0.25, 0.3) is 0 Å². The normalized spacial score (nSPS) is 13.7. The molecule has 0 aliphatic rings. The number of hydrogen-bond donors (Lipinski definition) is 3.